The van der Waals surface area contributed by atoms with Gasteiger partial charge in [0.05, 0.1) is 24.5 Å². The van der Waals surface area contributed by atoms with Gasteiger partial charge in [0.1, 0.15) is 23.1 Å². The van der Waals surface area contributed by atoms with Crippen LogP contribution in [-0.4, -0.2) is 35.8 Å². The lowest BCUT2D eigenvalue weighted by atomic mass is 10.1. The first-order valence-corrected chi connectivity index (χ1v) is 11.7. The van der Waals surface area contributed by atoms with Crippen LogP contribution < -0.4 is 19.7 Å². The predicted octanol–water partition coefficient (Wildman–Crippen LogP) is 3.93. The lowest BCUT2D eigenvalue weighted by Gasteiger charge is -2.29. The number of anilines is 1. The molecule has 9 nitrogen and oxygen atoms in total. The van der Waals surface area contributed by atoms with Crippen LogP contribution in [0, 0.1) is 5.82 Å². The number of nitrogens with one attached hydrogen (secondary N) is 1. The molecule has 3 heterocycles. The van der Waals surface area contributed by atoms with Crippen molar-refractivity contribution in [2.24, 2.45) is 0 Å². The standard InChI is InChI=1S/C28H22FN3O6/c29-19-5-7-21(8-6-19)36-16-24(33)18-4-10-25-23(13-18)32(27(34)17-37-25)15-22-9-11-26(38-22)28(35)31-14-20-3-1-2-12-30-20/h1-13H,14-17H2,(H,31,35). The van der Waals surface area contributed by atoms with Crippen LogP contribution in [0.4, 0.5) is 10.1 Å². The second-order valence-electron chi connectivity index (χ2n) is 8.39. The van der Waals surface area contributed by atoms with Crippen LogP contribution in [0.3, 0.4) is 0 Å². The van der Waals surface area contributed by atoms with E-state index < -0.39 is 11.7 Å². The van der Waals surface area contributed by atoms with Crippen LogP contribution in [-0.2, 0) is 17.9 Å². The van der Waals surface area contributed by atoms with E-state index in [1.165, 1.54) is 35.2 Å². The first kappa shape index (κ1) is 24.7. The number of ether oxygens (including phenoxy) is 2. The van der Waals surface area contributed by atoms with Crippen LogP contribution in [0.5, 0.6) is 11.5 Å². The number of ketones is 1. The number of aromatic nitrogens is 1. The van der Waals surface area contributed by atoms with E-state index in [4.69, 9.17) is 13.9 Å². The van der Waals surface area contributed by atoms with Gasteiger partial charge in [0.25, 0.3) is 11.8 Å². The molecule has 1 aliphatic rings. The molecule has 0 atom stereocenters. The largest absolute Gasteiger partial charge is 0.485 e. The quantitative estimate of drug-likeness (QED) is 0.336. The van der Waals surface area contributed by atoms with Gasteiger partial charge in [-0.2, -0.15) is 0 Å². The molecule has 1 N–H and O–H groups in total. The van der Waals surface area contributed by atoms with E-state index in [0.717, 1.165) is 0 Å². The fourth-order valence-electron chi connectivity index (χ4n) is 3.81. The van der Waals surface area contributed by atoms with Crippen molar-refractivity contribution in [1.29, 1.82) is 0 Å². The summed E-state index contributed by atoms with van der Waals surface area (Å²) in [7, 11) is 0. The lowest BCUT2D eigenvalue weighted by molar-refractivity contribution is -0.121. The fourth-order valence-corrected chi connectivity index (χ4v) is 3.81. The maximum atomic E-state index is 13.1. The van der Waals surface area contributed by atoms with Crippen molar-refractivity contribution in [3.8, 4) is 11.5 Å². The summed E-state index contributed by atoms with van der Waals surface area (Å²) in [5, 5.41) is 2.74. The van der Waals surface area contributed by atoms with Crippen molar-refractivity contribution in [1.82, 2.24) is 10.3 Å². The highest BCUT2D eigenvalue weighted by atomic mass is 19.1. The van der Waals surface area contributed by atoms with Crippen molar-refractivity contribution in [2.75, 3.05) is 18.1 Å². The summed E-state index contributed by atoms with van der Waals surface area (Å²) in [5.41, 5.74) is 1.41. The van der Waals surface area contributed by atoms with Crippen LogP contribution in [0.25, 0.3) is 0 Å². The average molecular weight is 515 g/mol. The number of hydrogen-bond donors (Lipinski definition) is 1. The molecule has 192 valence electrons. The van der Waals surface area contributed by atoms with Gasteiger partial charge in [0, 0.05) is 11.8 Å². The van der Waals surface area contributed by atoms with E-state index in [-0.39, 0.29) is 43.8 Å². The number of furan rings is 1. The predicted molar refractivity (Wildman–Crippen MR) is 133 cm³/mol. The second-order valence-corrected chi connectivity index (χ2v) is 8.39. The lowest BCUT2D eigenvalue weighted by Crippen LogP contribution is -2.38. The number of benzene rings is 2. The normalized spacial score (nSPS) is 12.4. The molecular weight excluding hydrogens is 493 g/mol. The van der Waals surface area contributed by atoms with Crippen LogP contribution >= 0.6 is 0 Å². The third-order valence-electron chi connectivity index (χ3n) is 5.76. The zero-order valence-corrected chi connectivity index (χ0v) is 20.1. The van der Waals surface area contributed by atoms with E-state index in [1.807, 2.05) is 6.07 Å². The Labute approximate surface area is 216 Å². The molecule has 10 heteroatoms. The molecule has 2 aromatic carbocycles. The molecule has 0 aliphatic carbocycles. The minimum atomic E-state index is -0.412. The van der Waals surface area contributed by atoms with Gasteiger partial charge in [-0.25, -0.2) is 4.39 Å². The highest BCUT2D eigenvalue weighted by Gasteiger charge is 2.28. The second kappa shape index (κ2) is 11.0. The summed E-state index contributed by atoms with van der Waals surface area (Å²) in [6.45, 7) is -0.167. The van der Waals surface area contributed by atoms with E-state index in [9.17, 15) is 18.8 Å². The number of Topliss-reactive ketones (excluding diaryl/α,β-unsaturated/α-hetero) is 1. The van der Waals surface area contributed by atoms with E-state index >= 15 is 0 Å². The molecule has 38 heavy (non-hydrogen) atoms. The molecule has 4 aromatic rings. The van der Waals surface area contributed by atoms with Gasteiger partial charge in [0.2, 0.25) is 0 Å². The molecule has 0 bridgehead atoms. The Morgan fingerprint density at radius 2 is 1.89 bits per heavy atom. The Kier molecular flexibility index (Phi) is 7.12. The van der Waals surface area contributed by atoms with Gasteiger partial charge < -0.3 is 19.2 Å². The number of nitrogens with zero attached hydrogens (tertiary/aromatic N) is 2. The zero-order chi connectivity index (χ0) is 26.5. The molecule has 0 spiro atoms. The maximum Gasteiger partial charge on any atom is 0.287 e. The Hall–Kier alpha value is -4.99. The number of pyridine rings is 1. The SMILES string of the molecule is O=C(COc1ccc(F)cc1)c1ccc2c(c1)N(Cc1ccc(C(=O)NCc3ccccn3)o1)C(=O)CO2. The molecule has 5 rings (SSSR count). The topological polar surface area (TPSA) is 111 Å². The number of rotatable bonds is 9. The van der Waals surface area contributed by atoms with E-state index in [1.54, 1.807) is 42.6 Å². The summed E-state index contributed by atoms with van der Waals surface area (Å²) in [6, 6.07) is 18.6. The molecule has 0 fully saturated rings. The monoisotopic (exact) mass is 515 g/mol. The van der Waals surface area contributed by atoms with Crippen molar-refractivity contribution in [3.63, 3.8) is 0 Å². The molecule has 0 saturated heterocycles. The highest BCUT2D eigenvalue weighted by Crippen LogP contribution is 2.34. The summed E-state index contributed by atoms with van der Waals surface area (Å²) >= 11 is 0. The van der Waals surface area contributed by atoms with E-state index in [2.05, 4.69) is 10.3 Å². The molecule has 2 amide bonds. The number of carbonyl (C=O) groups excluding carboxylic acids is 3. The Morgan fingerprint density at radius 1 is 1.05 bits per heavy atom. The van der Waals surface area contributed by atoms with Crippen molar-refractivity contribution in [2.45, 2.75) is 13.1 Å². The van der Waals surface area contributed by atoms with Crippen molar-refractivity contribution in [3.05, 3.63) is 108 Å². The van der Waals surface area contributed by atoms with Crippen LogP contribution in [0.2, 0.25) is 0 Å². The minimum Gasteiger partial charge on any atom is -0.485 e. The Morgan fingerprint density at radius 3 is 2.68 bits per heavy atom. The first-order chi connectivity index (χ1) is 18.5. The van der Waals surface area contributed by atoms with Gasteiger partial charge in [-0.1, -0.05) is 6.07 Å². The molecule has 0 radical (unpaired) electrons. The van der Waals surface area contributed by atoms with Crippen molar-refractivity contribution >= 4 is 23.3 Å². The van der Waals surface area contributed by atoms with Gasteiger partial charge in [-0.05, 0) is 66.7 Å². The van der Waals surface area contributed by atoms with Crippen LogP contribution in [0.15, 0.2) is 83.4 Å². The summed E-state index contributed by atoms with van der Waals surface area (Å²) < 4.78 is 29.8. The smallest absolute Gasteiger partial charge is 0.287 e. The zero-order valence-electron chi connectivity index (χ0n) is 20.1. The van der Waals surface area contributed by atoms with E-state index in [0.29, 0.717) is 34.2 Å². The number of hydrogen-bond acceptors (Lipinski definition) is 7. The van der Waals surface area contributed by atoms with Crippen LogP contribution in [0.1, 0.15) is 32.4 Å². The van der Waals surface area contributed by atoms with Gasteiger partial charge in [-0.15, -0.1) is 0 Å². The maximum absolute atomic E-state index is 13.1. The third-order valence-corrected chi connectivity index (χ3v) is 5.76. The number of amides is 2. The summed E-state index contributed by atoms with van der Waals surface area (Å²) in [6.07, 6.45) is 1.64. The number of halogens is 1. The molecule has 1 aliphatic heterocycles. The minimum absolute atomic E-state index is 0.0342. The number of fused-ring (bicyclic) bond motifs is 1. The first-order valence-electron chi connectivity index (χ1n) is 11.7. The Bertz CT molecular complexity index is 1470. The fraction of sp³-hybridized carbons (Fsp3) is 0.143. The highest BCUT2D eigenvalue weighted by molar-refractivity contribution is 6.02. The van der Waals surface area contributed by atoms with Crippen molar-refractivity contribution < 1.29 is 32.7 Å². The summed E-state index contributed by atoms with van der Waals surface area (Å²) in [5.74, 6) is -0.218. The molecule has 2 aromatic heterocycles. The number of carbonyl (C=O) groups is 3. The van der Waals surface area contributed by atoms with Gasteiger partial charge in [-0.3, -0.25) is 24.3 Å². The molecule has 0 unspecified atom stereocenters. The average Bonchev–Trinajstić information content (AvgIpc) is 3.42. The van der Waals surface area contributed by atoms with Gasteiger partial charge >= 0.3 is 0 Å². The summed E-state index contributed by atoms with van der Waals surface area (Å²) in [4.78, 5) is 43.5. The molecule has 0 saturated carbocycles. The third kappa shape index (κ3) is 5.70. The Balaban J connectivity index is 1.26. The molecular formula is C28H22FN3O6. The van der Waals surface area contributed by atoms with Gasteiger partial charge in [0.15, 0.2) is 24.8 Å².